The minimum atomic E-state index is -0.503. The average Bonchev–Trinajstić information content (AvgIpc) is 2.95. The number of carbonyl (C=O) groups is 2. The van der Waals surface area contributed by atoms with Gasteiger partial charge in [-0.05, 0) is 49.2 Å². The van der Waals surface area contributed by atoms with E-state index in [0.29, 0.717) is 13.0 Å². The summed E-state index contributed by atoms with van der Waals surface area (Å²) in [6.07, 6.45) is 1.86. The number of benzene rings is 2. The molecule has 2 aliphatic rings. The van der Waals surface area contributed by atoms with E-state index in [1.165, 1.54) is 10.5 Å². The van der Waals surface area contributed by atoms with Gasteiger partial charge in [-0.2, -0.15) is 0 Å². The number of carbonyl (C=O) groups excluding carboxylic acids is 2. The molecule has 2 saturated heterocycles. The summed E-state index contributed by atoms with van der Waals surface area (Å²) in [5, 5.41) is 0. The van der Waals surface area contributed by atoms with Crippen LogP contribution in [0.25, 0.3) is 0 Å². The number of imide groups is 1. The molecular weight excluding hydrogens is 352 g/mol. The lowest BCUT2D eigenvalue weighted by Crippen LogP contribution is -2.44. The molecule has 0 radical (unpaired) electrons. The molecule has 0 N–H and O–H groups in total. The van der Waals surface area contributed by atoms with Gasteiger partial charge in [-0.15, -0.1) is 0 Å². The maximum atomic E-state index is 13.1. The van der Waals surface area contributed by atoms with Crippen LogP contribution in [0.1, 0.15) is 30.4 Å². The number of methoxy groups -OCH3 is 1. The molecule has 0 aliphatic carbocycles. The number of piperidine rings is 1. The maximum absolute atomic E-state index is 13.1. The van der Waals surface area contributed by atoms with Crippen LogP contribution in [0, 0.1) is 5.41 Å². The van der Waals surface area contributed by atoms with Gasteiger partial charge in [0.25, 0.3) is 0 Å². The summed E-state index contributed by atoms with van der Waals surface area (Å²) in [4.78, 5) is 29.6. The summed E-state index contributed by atoms with van der Waals surface area (Å²) in [6, 6.07) is 17.9. The number of ether oxygens (including phenoxy) is 1. The fourth-order valence-corrected chi connectivity index (χ4v) is 4.31. The first-order chi connectivity index (χ1) is 13.6. The second-order valence-electron chi connectivity index (χ2n) is 7.85. The molecule has 2 aromatic rings. The van der Waals surface area contributed by atoms with Gasteiger partial charge in [0.15, 0.2) is 0 Å². The van der Waals surface area contributed by atoms with Crippen LogP contribution >= 0.6 is 0 Å². The highest BCUT2D eigenvalue weighted by atomic mass is 16.5. The van der Waals surface area contributed by atoms with Gasteiger partial charge in [0.05, 0.1) is 19.1 Å². The number of rotatable bonds is 5. The van der Waals surface area contributed by atoms with Gasteiger partial charge < -0.3 is 4.74 Å². The van der Waals surface area contributed by atoms with Crippen LogP contribution in [0.2, 0.25) is 0 Å². The molecule has 0 atom stereocenters. The molecule has 0 unspecified atom stereocenters. The van der Waals surface area contributed by atoms with E-state index in [1.807, 2.05) is 30.3 Å². The molecule has 2 amide bonds. The third kappa shape index (κ3) is 3.67. The Labute approximate surface area is 165 Å². The summed E-state index contributed by atoms with van der Waals surface area (Å²) in [7, 11) is 1.62. The lowest BCUT2D eigenvalue weighted by Gasteiger charge is -2.37. The zero-order valence-electron chi connectivity index (χ0n) is 16.3. The Bertz CT molecular complexity index is 840. The van der Waals surface area contributed by atoms with Crippen molar-refractivity contribution >= 4 is 11.8 Å². The number of hydrogen-bond donors (Lipinski definition) is 0. The first-order valence-electron chi connectivity index (χ1n) is 9.84. The van der Waals surface area contributed by atoms with Crippen molar-refractivity contribution in [1.29, 1.82) is 0 Å². The van der Waals surface area contributed by atoms with Gasteiger partial charge in [-0.25, -0.2) is 0 Å². The first-order valence-corrected chi connectivity index (χ1v) is 9.84. The molecule has 2 heterocycles. The summed E-state index contributed by atoms with van der Waals surface area (Å²) >= 11 is 0. The van der Waals surface area contributed by atoms with Gasteiger partial charge >= 0.3 is 0 Å². The molecular formula is C23H26N2O3. The van der Waals surface area contributed by atoms with Crippen molar-refractivity contribution in [2.75, 3.05) is 20.2 Å². The fourth-order valence-electron chi connectivity index (χ4n) is 4.31. The van der Waals surface area contributed by atoms with Gasteiger partial charge in [0.1, 0.15) is 5.75 Å². The van der Waals surface area contributed by atoms with E-state index in [9.17, 15) is 9.59 Å². The van der Waals surface area contributed by atoms with Crippen LogP contribution in [-0.4, -0.2) is 41.8 Å². The molecule has 4 rings (SSSR count). The number of likely N-dealkylation sites (tertiary alicyclic amines) is 2. The van der Waals surface area contributed by atoms with Crippen LogP contribution in [0.5, 0.6) is 5.75 Å². The third-order valence-corrected chi connectivity index (χ3v) is 6.05. The normalized spacial score (nSPS) is 19.4. The van der Waals surface area contributed by atoms with Gasteiger partial charge in [-0.1, -0.05) is 42.5 Å². The van der Waals surface area contributed by atoms with Crippen LogP contribution in [0.3, 0.4) is 0 Å². The van der Waals surface area contributed by atoms with Crippen molar-refractivity contribution in [1.82, 2.24) is 9.80 Å². The predicted molar refractivity (Wildman–Crippen MR) is 107 cm³/mol. The van der Waals surface area contributed by atoms with Gasteiger partial charge in [0.2, 0.25) is 11.8 Å². The van der Waals surface area contributed by atoms with Crippen molar-refractivity contribution in [2.24, 2.45) is 5.41 Å². The second kappa shape index (κ2) is 7.76. The van der Waals surface area contributed by atoms with Gasteiger partial charge in [0, 0.05) is 13.0 Å². The molecule has 28 heavy (non-hydrogen) atoms. The minimum Gasteiger partial charge on any atom is -0.497 e. The van der Waals surface area contributed by atoms with Crippen LogP contribution in [0.4, 0.5) is 0 Å². The molecule has 5 heteroatoms. The highest BCUT2D eigenvalue weighted by molar-refractivity contribution is 6.05. The zero-order chi connectivity index (χ0) is 19.6. The minimum absolute atomic E-state index is 0.00711. The van der Waals surface area contributed by atoms with Crippen molar-refractivity contribution in [3.8, 4) is 5.75 Å². The Hall–Kier alpha value is -2.66. The van der Waals surface area contributed by atoms with Crippen LogP contribution in [0.15, 0.2) is 54.6 Å². The molecule has 2 aromatic carbocycles. The Kier molecular flexibility index (Phi) is 5.18. The monoisotopic (exact) mass is 378 g/mol. The SMILES string of the molecule is COc1ccc(CN2C(=O)CC3(CCN(Cc4ccccc4)CC3)C2=O)cc1. The van der Waals surface area contributed by atoms with Crippen LogP contribution < -0.4 is 4.74 Å². The number of hydrogen-bond acceptors (Lipinski definition) is 4. The van der Waals surface area contributed by atoms with Crippen molar-refractivity contribution < 1.29 is 14.3 Å². The van der Waals surface area contributed by atoms with E-state index >= 15 is 0 Å². The standard InChI is InChI=1S/C23H26N2O3/c1-28-20-9-7-19(8-10-20)17-25-21(26)15-23(22(25)27)11-13-24(14-12-23)16-18-5-3-2-4-6-18/h2-10H,11-17H2,1H3. The van der Waals surface area contributed by atoms with E-state index in [2.05, 4.69) is 29.2 Å². The molecule has 0 saturated carbocycles. The molecule has 1 spiro atoms. The largest absolute Gasteiger partial charge is 0.497 e. The average molecular weight is 378 g/mol. The van der Waals surface area contributed by atoms with Gasteiger partial charge in [-0.3, -0.25) is 19.4 Å². The lowest BCUT2D eigenvalue weighted by atomic mass is 9.77. The van der Waals surface area contributed by atoms with E-state index in [0.717, 1.165) is 43.8 Å². The number of nitrogens with zero attached hydrogens (tertiary/aromatic N) is 2. The summed E-state index contributed by atoms with van der Waals surface area (Å²) in [5.74, 6) is 0.732. The van der Waals surface area contributed by atoms with E-state index in [1.54, 1.807) is 7.11 Å². The van der Waals surface area contributed by atoms with E-state index in [4.69, 9.17) is 4.74 Å². The Morgan fingerprint density at radius 2 is 1.54 bits per heavy atom. The topological polar surface area (TPSA) is 49.9 Å². The summed E-state index contributed by atoms with van der Waals surface area (Å²) in [5.41, 5.74) is 1.73. The Balaban J connectivity index is 1.39. The van der Waals surface area contributed by atoms with Crippen molar-refractivity contribution in [2.45, 2.75) is 32.4 Å². The first kappa shape index (κ1) is 18.7. The maximum Gasteiger partial charge on any atom is 0.236 e. The quantitative estimate of drug-likeness (QED) is 0.750. The second-order valence-corrected chi connectivity index (χ2v) is 7.85. The molecule has 0 aromatic heterocycles. The Morgan fingerprint density at radius 3 is 2.18 bits per heavy atom. The zero-order valence-corrected chi connectivity index (χ0v) is 16.3. The summed E-state index contributed by atoms with van der Waals surface area (Å²) in [6.45, 7) is 2.94. The molecule has 2 fully saturated rings. The van der Waals surface area contributed by atoms with E-state index < -0.39 is 5.41 Å². The van der Waals surface area contributed by atoms with Crippen LogP contribution in [-0.2, 0) is 22.7 Å². The molecule has 2 aliphatic heterocycles. The molecule has 0 bridgehead atoms. The highest BCUT2D eigenvalue weighted by Gasteiger charge is 2.52. The smallest absolute Gasteiger partial charge is 0.236 e. The Morgan fingerprint density at radius 1 is 0.893 bits per heavy atom. The summed E-state index contributed by atoms with van der Waals surface area (Å²) < 4.78 is 5.17. The molecule has 5 nitrogen and oxygen atoms in total. The number of amides is 2. The molecule has 146 valence electrons. The fraction of sp³-hybridized carbons (Fsp3) is 0.391. The lowest BCUT2D eigenvalue weighted by molar-refractivity contribution is -0.143. The third-order valence-electron chi connectivity index (χ3n) is 6.05. The van der Waals surface area contributed by atoms with Crippen molar-refractivity contribution in [3.63, 3.8) is 0 Å². The van der Waals surface area contributed by atoms with E-state index in [-0.39, 0.29) is 11.8 Å². The predicted octanol–water partition coefficient (Wildman–Crippen LogP) is 3.24. The van der Waals surface area contributed by atoms with Crippen molar-refractivity contribution in [3.05, 3.63) is 65.7 Å². The highest BCUT2D eigenvalue weighted by Crippen LogP contribution is 2.43.